The molecule has 2 nitrogen and oxygen atoms in total. The van der Waals surface area contributed by atoms with Gasteiger partial charge in [-0.2, -0.15) is 0 Å². The molecule has 0 spiro atoms. The SMILES string of the molecule is O=CC1=Cc2ccccc2SN1. The van der Waals surface area contributed by atoms with E-state index in [9.17, 15) is 4.79 Å². The quantitative estimate of drug-likeness (QED) is 0.524. The molecule has 0 aromatic heterocycles. The Morgan fingerprint density at radius 3 is 3.00 bits per heavy atom. The van der Waals surface area contributed by atoms with Crippen LogP contribution in [0.5, 0.6) is 0 Å². The Bertz CT molecular complexity index is 346. The molecule has 0 saturated heterocycles. The second kappa shape index (κ2) is 3.03. The van der Waals surface area contributed by atoms with E-state index in [1.54, 1.807) is 0 Å². The van der Waals surface area contributed by atoms with E-state index in [0.29, 0.717) is 5.70 Å². The molecule has 0 bridgehead atoms. The topological polar surface area (TPSA) is 29.1 Å². The number of fused-ring (bicyclic) bond motifs is 1. The third-order valence-corrected chi connectivity index (χ3v) is 2.57. The van der Waals surface area contributed by atoms with Gasteiger partial charge in [0.1, 0.15) is 0 Å². The highest BCUT2D eigenvalue weighted by Gasteiger charge is 2.07. The van der Waals surface area contributed by atoms with E-state index in [0.717, 1.165) is 16.7 Å². The van der Waals surface area contributed by atoms with E-state index in [1.165, 1.54) is 11.9 Å². The highest BCUT2D eigenvalue weighted by molar-refractivity contribution is 7.97. The molecule has 0 atom stereocenters. The predicted molar refractivity (Wildman–Crippen MR) is 49.5 cm³/mol. The number of hydrogen-bond donors (Lipinski definition) is 1. The van der Waals surface area contributed by atoms with Gasteiger partial charge in [-0.1, -0.05) is 18.2 Å². The summed E-state index contributed by atoms with van der Waals surface area (Å²) in [7, 11) is 0. The first-order valence-corrected chi connectivity index (χ1v) is 4.40. The molecule has 1 N–H and O–H groups in total. The summed E-state index contributed by atoms with van der Waals surface area (Å²) in [6, 6.07) is 7.95. The first-order chi connectivity index (χ1) is 5.90. The van der Waals surface area contributed by atoms with Gasteiger partial charge in [0.15, 0.2) is 6.29 Å². The van der Waals surface area contributed by atoms with Gasteiger partial charge in [-0.05, 0) is 29.7 Å². The molecule has 3 heteroatoms. The molecular formula is C9H7NOS. The molecule has 12 heavy (non-hydrogen) atoms. The van der Waals surface area contributed by atoms with Crippen molar-refractivity contribution >= 4 is 24.3 Å². The smallest absolute Gasteiger partial charge is 0.166 e. The number of hydrogen-bond acceptors (Lipinski definition) is 3. The average Bonchev–Trinajstić information content (AvgIpc) is 2.17. The number of carbonyl (C=O) groups is 1. The second-order valence-corrected chi connectivity index (χ2v) is 3.31. The zero-order chi connectivity index (χ0) is 8.39. The molecule has 0 aliphatic carbocycles. The molecule has 0 amide bonds. The van der Waals surface area contributed by atoms with Crippen LogP contribution in [0.4, 0.5) is 0 Å². The van der Waals surface area contributed by atoms with Crippen LogP contribution in [0.1, 0.15) is 5.56 Å². The van der Waals surface area contributed by atoms with Crippen molar-refractivity contribution in [1.29, 1.82) is 0 Å². The molecule has 1 heterocycles. The fraction of sp³-hybridized carbons (Fsp3) is 0. The summed E-state index contributed by atoms with van der Waals surface area (Å²) < 4.78 is 2.93. The van der Waals surface area contributed by atoms with Crippen molar-refractivity contribution in [1.82, 2.24) is 4.72 Å². The summed E-state index contributed by atoms with van der Waals surface area (Å²) in [4.78, 5) is 11.6. The third kappa shape index (κ3) is 1.23. The van der Waals surface area contributed by atoms with Crippen molar-refractivity contribution in [3.8, 4) is 0 Å². The number of nitrogens with one attached hydrogen (secondary N) is 1. The van der Waals surface area contributed by atoms with Crippen LogP contribution < -0.4 is 4.72 Å². The monoisotopic (exact) mass is 177 g/mol. The molecule has 1 aromatic carbocycles. The second-order valence-electron chi connectivity index (χ2n) is 2.46. The first-order valence-electron chi connectivity index (χ1n) is 3.59. The van der Waals surface area contributed by atoms with Crippen LogP contribution in [0.3, 0.4) is 0 Å². The summed E-state index contributed by atoms with van der Waals surface area (Å²) >= 11 is 1.47. The Labute approximate surface area is 74.8 Å². The van der Waals surface area contributed by atoms with Gasteiger partial charge >= 0.3 is 0 Å². The summed E-state index contributed by atoms with van der Waals surface area (Å²) in [5.41, 5.74) is 1.72. The minimum absolute atomic E-state index is 0.624. The summed E-state index contributed by atoms with van der Waals surface area (Å²) in [6.45, 7) is 0. The Morgan fingerprint density at radius 2 is 2.17 bits per heavy atom. The maximum absolute atomic E-state index is 10.4. The molecule has 1 aliphatic rings. The van der Waals surface area contributed by atoms with Gasteiger partial charge in [0.05, 0.1) is 5.70 Å². The van der Waals surface area contributed by atoms with Gasteiger partial charge in [-0.25, -0.2) is 0 Å². The van der Waals surface area contributed by atoms with E-state index >= 15 is 0 Å². The van der Waals surface area contributed by atoms with Gasteiger partial charge in [0, 0.05) is 4.90 Å². The van der Waals surface area contributed by atoms with Crippen molar-refractivity contribution in [2.24, 2.45) is 0 Å². The largest absolute Gasteiger partial charge is 0.323 e. The van der Waals surface area contributed by atoms with E-state index in [1.807, 2.05) is 30.3 Å². The van der Waals surface area contributed by atoms with E-state index in [2.05, 4.69) is 4.72 Å². The lowest BCUT2D eigenvalue weighted by atomic mass is 10.2. The Hall–Kier alpha value is -1.22. The molecule has 0 fully saturated rings. The van der Waals surface area contributed by atoms with Crippen molar-refractivity contribution in [2.45, 2.75) is 4.90 Å². The lowest BCUT2D eigenvalue weighted by molar-refractivity contribution is -0.105. The van der Waals surface area contributed by atoms with Crippen LogP contribution in [0.2, 0.25) is 0 Å². The average molecular weight is 177 g/mol. The number of rotatable bonds is 1. The zero-order valence-electron chi connectivity index (χ0n) is 6.28. The molecule has 0 saturated carbocycles. The molecule has 0 radical (unpaired) electrons. The summed E-state index contributed by atoms with van der Waals surface area (Å²) in [6.07, 6.45) is 2.67. The summed E-state index contributed by atoms with van der Waals surface area (Å²) in [5, 5.41) is 0. The van der Waals surface area contributed by atoms with E-state index in [-0.39, 0.29) is 0 Å². The van der Waals surface area contributed by atoms with E-state index in [4.69, 9.17) is 0 Å². The number of allylic oxidation sites excluding steroid dienone is 1. The van der Waals surface area contributed by atoms with E-state index < -0.39 is 0 Å². The molecule has 1 aromatic rings. The van der Waals surface area contributed by atoms with Gasteiger partial charge in [-0.15, -0.1) is 0 Å². The van der Waals surface area contributed by atoms with Gasteiger partial charge in [0.25, 0.3) is 0 Å². The fourth-order valence-electron chi connectivity index (χ4n) is 1.06. The highest BCUT2D eigenvalue weighted by atomic mass is 32.2. The van der Waals surface area contributed by atoms with Crippen molar-refractivity contribution in [2.75, 3.05) is 0 Å². The number of benzene rings is 1. The molecule has 60 valence electrons. The highest BCUT2D eigenvalue weighted by Crippen LogP contribution is 2.26. The van der Waals surface area contributed by atoms with Gasteiger partial charge in [0.2, 0.25) is 0 Å². The van der Waals surface area contributed by atoms with Crippen LogP contribution in [0.25, 0.3) is 6.08 Å². The molecule has 1 aliphatic heterocycles. The van der Waals surface area contributed by atoms with Crippen LogP contribution in [0.15, 0.2) is 34.9 Å². The first kappa shape index (κ1) is 7.43. The van der Waals surface area contributed by atoms with Crippen molar-refractivity contribution in [3.05, 3.63) is 35.5 Å². The van der Waals surface area contributed by atoms with Crippen LogP contribution in [-0.4, -0.2) is 6.29 Å². The minimum atomic E-state index is 0.624. The maximum atomic E-state index is 10.4. The standard InChI is InChI=1S/C9H7NOS/c11-6-8-5-7-3-1-2-4-9(7)12-10-8/h1-6,10H. The molecule has 2 rings (SSSR count). The third-order valence-electron chi connectivity index (χ3n) is 1.64. The van der Waals surface area contributed by atoms with Crippen molar-refractivity contribution < 1.29 is 4.79 Å². The molecular weight excluding hydrogens is 170 g/mol. The predicted octanol–water partition coefficient (Wildman–Crippen LogP) is 1.84. The Morgan fingerprint density at radius 1 is 1.33 bits per heavy atom. The fourth-order valence-corrected chi connectivity index (χ4v) is 1.79. The maximum Gasteiger partial charge on any atom is 0.166 e. The molecule has 0 unspecified atom stereocenters. The Kier molecular flexibility index (Phi) is 1.87. The van der Waals surface area contributed by atoms with Crippen molar-refractivity contribution in [3.63, 3.8) is 0 Å². The lowest BCUT2D eigenvalue weighted by Gasteiger charge is -2.13. The van der Waals surface area contributed by atoms with Crippen LogP contribution in [-0.2, 0) is 4.79 Å². The van der Waals surface area contributed by atoms with Gasteiger partial charge in [-0.3, -0.25) is 4.79 Å². The number of aldehydes is 1. The Balaban J connectivity index is 2.47. The normalized spacial score (nSPS) is 14.2. The zero-order valence-corrected chi connectivity index (χ0v) is 7.10. The van der Waals surface area contributed by atoms with Crippen LogP contribution in [0, 0.1) is 0 Å². The summed E-state index contributed by atoms with van der Waals surface area (Å²) in [5.74, 6) is 0. The van der Waals surface area contributed by atoms with Gasteiger partial charge < -0.3 is 4.72 Å². The minimum Gasteiger partial charge on any atom is -0.323 e. The van der Waals surface area contributed by atoms with Crippen LogP contribution >= 0.6 is 11.9 Å². The lowest BCUT2D eigenvalue weighted by Crippen LogP contribution is -2.08. The number of carbonyl (C=O) groups excluding carboxylic acids is 1.